The van der Waals surface area contributed by atoms with E-state index in [1.54, 1.807) is 17.0 Å². The Morgan fingerprint density at radius 2 is 1.62 bits per heavy atom. The van der Waals surface area contributed by atoms with Crippen molar-refractivity contribution in [1.82, 2.24) is 15.1 Å². The summed E-state index contributed by atoms with van der Waals surface area (Å²) in [5.41, 5.74) is 4.52. The van der Waals surface area contributed by atoms with E-state index in [1.165, 1.54) is 44.2 Å². The molecule has 0 aliphatic carbocycles. The van der Waals surface area contributed by atoms with Crippen LogP contribution in [0.25, 0.3) is 0 Å². The third kappa shape index (κ3) is 5.07. The van der Waals surface area contributed by atoms with Crippen molar-refractivity contribution in [2.45, 2.75) is 51.4 Å². The number of carbonyl (C=O) groups is 2. The van der Waals surface area contributed by atoms with Gasteiger partial charge in [0.25, 0.3) is 5.91 Å². The molecule has 2 aromatic carbocycles. The molecule has 0 bridgehead atoms. The zero-order chi connectivity index (χ0) is 23.3. The normalized spacial score (nSPS) is 18.4. The summed E-state index contributed by atoms with van der Waals surface area (Å²) in [6.07, 6.45) is 5.88. The molecule has 1 unspecified atom stereocenters. The smallest absolute Gasteiger partial charge is 0.290 e. The molecule has 0 saturated carbocycles. The number of amides is 2. The van der Waals surface area contributed by atoms with Gasteiger partial charge in [0, 0.05) is 26.1 Å². The molecule has 0 radical (unpaired) electrons. The van der Waals surface area contributed by atoms with Crippen molar-refractivity contribution in [3.05, 3.63) is 94.9 Å². The van der Waals surface area contributed by atoms with E-state index in [-0.39, 0.29) is 17.6 Å². The number of nitrogens with zero attached hydrogens (tertiary/aromatic N) is 2. The van der Waals surface area contributed by atoms with E-state index < -0.39 is 6.04 Å². The van der Waals surface area contributed by atoms with Crippen LogP contribution < -0.4 is 5.32 Å². The van der Waals surface area contributed by atoms with Crippen LogP contribution in [0.5, 0.6) is 0 Å². The van der Waals surface area contributed by atoms with Gasteiger partial charge in [-0.25, -0.2) is 0 Å². The molecule has 5 rings (SSSR count). The Labute approximate surface area is 200 Å². The summed E-state index contributed by atoms with van der Waals surface area (Å²) < 4.78 is 5.33. The first-order chi connectivity index (χ1) is 16.7. The van der Waals surface area contributed by atoms with E-state index in [0.717, 1.165) is 23.2 Å². The van der Waals surface area contributed by atoms with Gasteiger partial charge in [0.2, 0.25) is 5.91 Å². The first-order valence-corrected chi connectivity index (χ1v) is 12.2. The molecule has 1 aromatic heterocycles. The molecular weight excluding hydrogens is 426 g/mol. The average molecular weight is 458 g/mol. The molecule has 1 saturated heterocycles. The van der Waals surface area contributed by atoms with Gasteiger partial charge in [0.1, 0.15) is 6.04 Å². The predicted octanol–water partition coefficient (Wildman–Crippen LogP) is 4.15. The fourth-order valence-electron chi connectivity index (χ4n) is 4.96. The van der Waals surface area contributed by atoms with Crippen molar-refractivity contribution in [3.8, 4) is 0 Å². The molecule has 1 N–H and O–H groups in total. The lowest BCUT2D eigenvalue weighted by atomic mass is 9.93. The van der Waals surface area contributed by atoms with Crippen LogP contribution >= 0.6 is 0 Å². The number of piperidine rings is 1. The second-order valence-corrected chi connectivity index (χ2v) is 9.27. The second kappa shape index (κ2) is 10.3. The summed E-state index contributed by atoms with van der Waals surface area (Å²) >= 11 is 0. The maximum atomic E-state index is 13.3. The van der Waals surface area contributed by atoms with Gasteiger partial charge in [0.15, 0.2) is 5.76 Å². The van der Waals surface area contributed by atoms with Crippen LogP contribution in [0.1, 0.15) is 52.1 Å². The number of likely N-dealkylation sites (tertiary alicyclic amines) is 1. The topological polar surface area (TPSA) is 65.8 Å². The molecule has 34 heavy (non-hydrogen) atoms. The maximum absolute atomic E-state index is 13.3. The first-order valence-electron chi connectivity index (χ1n) is 12.2. The molecule has 3 heterocycles. The average Bonchev–Trinajstić information content (AvgIpc) is 3.43. The third-order valence-electron chi connectivity index (χ3n) is 6.89. The molecule has 6 heteroatoms. The fourth-order valence-corrected chi connectivity index (χ4v) is 4.96. The van der Waals surface area contributed by atoms with Crippen LogP contribution in [0.2, 0.25) is 0 Å². The zero-order valence-electron chi connectivity index (χ0n) is 19.4. The predicted molar refractivity (Wildman–Crippen MR) is 130 cm³/mol. The standard InChI is InChI=1S/C28H31N3O3/c32-27(29-18-21-10-12-22(13-11-21)19-30-14-4-1-5-15-30)25-17-23-7-2-3-8-24(23)20-31(25)28(33)26-9-6-16-34-26/h2-3,6-13,16,25H,1,4-5,14-15,17-20H2,(H,29,32). The minimum atomic E-state index is -0.578. The van der Waals surface area contributed by atoms with Gasteiger partial charge in [0.05, 0.1) is 6.26 Å². The van der Waals surface area contributed by atoms with Gasteiger partial charge < -0.3 is 14.6 Å². The highest BCUT2D eigenvalue weighted by Gasteiger charge is 2.35. The Bertz CT molecular complexity index is 1120. The van der Waals surface area contributed by atoms with Crippen molar-refractivity contribution in [2.75, 3.05) is 13.1 Å². The monoisotopic (exact) mass is 457 g/mol. The highest BCUT2D eigenvalue weighted by atomic mass is 16.3. The number of furan rings is 1. The number of fused-ring (bicyclic) bond motifs is 1. The molecule has 3 aromatic rings. The number of carbonyl (C=O) groups excluding carboxylic acids is 2. The van der Waals surface area contributed by atoms with Gasteiger partial charge in [-0.1, -0.05) is 55.0 Å². The SMILES string of the molecule is O=C(NCc1ccc(CN2CCCCC2)cc1)C1Cc2ccccc2CN1C(=O)c1ccco1. The summed E-state index contributed by atoms with van der Waals surface area (Å²) in [5, 5.41) is 3.06. The van der Waals surface area contributed by atoms with E-state index >= 15 is 0 Å². The van der Waals surface area contributed by atoms with Crippen LogP contribution in [-0.4, -0.2) is 40.7 Å². The molecule has 0 spiro atoms. The lowest BCUT2D eigenvalue weighted by Gasteiger charge is -2.35. The van der Waals surface area contributed by atoms with Crippen LogP contribution in [0.15, 0.2) is 71.3 Å². The molecule has 1 atom stereocenters. The van der Waals surface area contributed by atoms with E-state index in [4.69, 9.17) is 4.42 Å². The molecule has 176 valence electrons. The summed E-state index contributed by atoms with van der Waals surface area (Å²) in [6.45, 7) is 4.16. The Kier molecular flexibility index (Phi) is 6.77. The van der Waals surface area contributed by atoms with Crippen molar-refractivity contribution in [1.29, 1.82) is 0 Å². The number of nitrogens with one attached hydrogen (secondary N) is 1. The minimum absolute atomic E-state index is 0.146. The fraction of sp³-hybridized carbons (Fsp3) is 0.357. The largest absolute Gasteiger partial charge is 0.459 e. The second-order valence-electron chi connectivity index (χ2n) is 9.27. The van der Waals surface area contributed by atoms with E-state index in [9.17, 15) is 9.59 Å². The molecule has 2 aliphatic rings. The molecule has 1 fully saturated rings. The highest BCUT2D eigenvalue weighted by molar-refractivity contribution is 5.96. The van der Waals surface area contributed by atoms with Gasteiger partial charge >= 0.3 is 0 Å². The summed E-state index contributed by atoms with van der Waals surface area (Å²) in [7, 11) is 0. The van der Waals surface area contributed by atoms with Crippen LogP contribution in [-0.2, 0) is 30.8 Å². The zero-order valence-corrected chi connectivity index (χ0v) is 19.4. The van der Waals surface area contributed by atoms with E-state index in [1.807, 2.05) is 24.3 Å². The first kappa shape index (κ1) is 22.4. The number of hydrogen-bond acceptors (Lipinski definition) is 4. The Balaban J connectivity index is 1.24. The van der Waals surface area contributed by atoms with Crippen LogP contribution in [0.4, 0.5) is 0 Å². The Morgan fingerprint density at radius 1 is 0.882 bits per heavy atom. The number of rotatable bonds is 6. The third-order valence-corrected chi connectivity index (χ3v) is 6.89. The Morgan fingerprint density at radius 3 is 2.35 bits per heavy atom. The van der Waals surface area contributed by atoms with Gasteiger partial charge in [-0.2, -0.15) is 0 Å². The van der Waals surface area contributed by atoms with E-state index in [0.29, 0.717) is 19.5 Å². The van der Waals surface area contributed by atoms with Crippen LogP contribution in [0.3, 0.4) is 0 Å². The number of benzene rings is 2. The van der Waals surface area contributed by atoms with E-state index in [2.05, 4.69) is 34.5 Å². The van der Waals surface area contributed by atoms with Gasteiger partial charge in [-0.15, -0.1) is 0 Å². The van der Waals surface area contributed by atoms with Crippen LogP contribution in [0, 0.1) is 0 Å². The quantitative estimate of drug-likeness (QED) is 0.604. The van der Waals surface area contributed by atoms with Gasteiger partial charge in [-0.3, -0.25) is 14.5 Å². The molecule has 2 amide bonds. The summed E-state index contributed by atoms with van der Waals surface area (Å²) in [6, 6.07) is 19.2. The van der Waals surface area contributed by atoms with Crippen molar-refractivity contribution < 1.29 is 14.0 Å². The lowest BCUT2D eigenvalue weighted by Crippen LogP contribution is -2.52. The minimum Gasteiger partial charge on any atom is -0.459 e. The lowest BCUT2D eigenvalue weighted by molar-refractivity contribution is -0.126. The highest BCUT2D eigenvalue weighted by Crippen LogP contribution is 2.25. The molecular formula is C28H31N3O3. The summed E-state index contributed by atoms with van der Waals surface area (Å²) in [4.78, 5) is 30.5. The number of hydrogen-bond donors (Lipinski definition) is 1. The van der Waals surface area contributed by atoms with Crippen molar-refractivity contribution in [2.24, 2.45) is 0 Å². The molecule has 2 aliphatic heterocycles. The molecule has 6 nitrogen and oxygen atoms in total. The Hall–Kier alpha value is -3.38. The maximum Gasteiger partial charge on any atom is 0.290 e. The summed E-state index contributed by atoms with van der Waals surface area (Å²) in [5.74, 6) is -0.157. The van der Waals surface area contributed by atoms with Crippen molar-refractivity contribution in [3.63, 3.8) is 0 Å². The van der Waals surface area contributed by atoms with Gasteiger partial charge in [-0.05, 0) is 60.3 Å². The van der Waals surface area contributed by atoms with Crippen molar-refractivity contribution >= 4 is 11.8 Å².